The Morgan fingerprint density at radius 1 is 1.39 bits per heavy atom. The van der Waals surface area contributed by atoms with E-state index in [4.69, 9.17) is 5.11 Å². The van der Waals surface area contributed by atoms with Gasteiger partial charge in [-0.2, -0.15) is 0 Å². The van der Waals surface area contributed by atoms with Crippen LogP contribution in [0.25, 0.3) is 0 Å². The molecule has 0 amide bonds. The quantitative estimate of drug-likeness (QED) is 0.891. The van der Waals surface area contributed by atoms with Gasteiger partial charge in [-0.15, -0.1) is 0 Å². The lowest BCUT2D eigenvalue weighted by Gasteiger charge is -2.24. The van der Waals surface area contributed by atoms with Crippen LogP contribution in [0.1, 0.15) is 50.7 Å². The first-order chi connectivity index (χ1) is 8.41. The average molecular weight is 247 g/mol. The van der Waals surface area contributed by atoms with Crippen molar-refractivity contribution in [2.45, 2.75) is 45.6 Å². The lowest BCUT2D eigenvalue weighted by molar-refractivity contribution is -0.138. The normalized spacial score (nSPS) is 20.1. The number of aliphatic carboxylic acids is 1. The van der Waals surface area contributed by atoms with Gasteiger partial charge in [0.05, 0.1) is 5.92 Å². The highest BCUT2D eigenvalue weighted by atomic mass is 16.4. The molecular weight excluding hydrogens is 226 g/mol. The van der Waals surface area contributed by atoms with Crippen molar-refractivity contribution in [2.75, 3.05) is 11.4 Å². The van der Waals surface area contributed by atoms with Gasteiger partial charge in [0.25, 0.3) is 0 Å². The van der Waals surface area contributed by atoms with Crippen LogP contribution in [-0.4, -0.2) is 23.7 Å². The largest absolute Gasteiger partial charge is 0.481 e. The van der Waals surface area contributed by atoms with Crippen LogP contribution < -0.4 is 4.90 Å². The van der Waals surface area contributed by atoms with E-state index in [1.807, 2.05) is 6.07 Å². The van der Waals surface area contributed by atoms with Crippen LogP contribution in [0.15, 0.2) is 18.2 Å². The van der Waals surface area contributed by atoms with Gasteiger partial charge in [-0.25, -0.2) is 0 Å². The molecule has 98 valence electrons. The molecule has 0 spiro atoms. The zero-order chi connectivity index (χ0) is 13.4. The van der Waals surface area contributed by atoms with Crippen molar-refractivity contribution < 1.29 is 9.90 Å². The van der Waals surface area contributed by atoms with Gasteiger partial charge in [0.2, 0.25) is 0 Å². The topological polar surface area (TPSA) is 40.5 Å². The molecule has 0 aliphatic carbocycles. The number of rotatable bonds is 3. The summed E-state index contributed by atoms with van der Waals surface area (Å²) < 4.78 is 0. The zero-order valence-electron chi connectivity index (χ0n) is 11.5. The van der Waals surface area contributed by atoms with Crippen LogP contribution in [0.3, 0.4) is 0 Å². The van der Waals surface area contributed by atoms with E-state index in [9.17, 15) is 4.79 Å². The molecule has 0 saturated carbocycles. The molecule has 3 nitrogen and oxygen atoms in total. The molecule has 1 aliphatic heterocycles. The first-order valence-corrected chi connectivity index (χ1v) is 6.55. The summed E-state index contributed by atoms with van der Waals surface area (Å²) >= 11 is 0. The van der Waals surface area contributed by atoms with Crippen molar-refractivity contribution >= 4 is 11.7 Å². The van der Waals surface area contributed by atoms with Crippen LogP contribution in [0.4, 0.5) is 5.69 Å². The fraction of sp³-hybridized carbons (Fsp3) is 0.533. The summed E-state index contributed by atoms with van der Waals surface area (Å²) in [5, 5.41) is 9.08. The number of hydrogen-bond donors (Lipinski definition) is 1. The molecule has 1 heterocycles. The molecular formula is C15H21NO2. The standard InChI is InChI=1S/C15H21NO2/c1-9(2)16-8-10(3)13-7-12(5-6-14(13)16)11(4)15(17)18/h5-7,9-11H,8H2,1-4H3,(H,17,18). The van der Waals surface area contributed by atoms with E-state index in [1.54, 1.807) is 6.92 Å². The first-order valence-electron chi connectivity index (χ1n) is 6.55. The Morgan fingerprint density at radius 2 is 2.06 bits per heavy atom. The lowest BCUT2D eigenvalue weighted by Crippen LogP contribution is -2.28. The third-order valence-electron chi connectivity index (χ3n) is 3.86. The van der Waals surface area contributed by atoms with Crippen LogP contribution in [0.5, 0.6) is 0 Å². The van der Waals surface area contributed by atoms with Crippen molar-refractivity contribution in [1.82, 2.24) is 0 Å². The number of benzene rings is 1. The van der Waals surface area contributed by atoms with Gasteiger partial charge in [0, 0.05) is 24.2 Å². The van der Waals surface area contributed by atoms with Gasteiger partial charge in [-0.3, -0.25) is 4.79 Å². The van der Waals surface area contributed by atoms with Crippen molar-refractivity contribution in [3.05, 3.63) is 29.3 Å². The summed E-state index contributed by atoms with van der Waals surface area (Å²) in [7, 11) is 0. The third kappa shape index (κ3) is 2.09. The molecule has 0 aromatic heterocycles. The second-order valence-electron chi connectivity index (χ2n) is 5.53. The fourth-order valence-corrected chi connectivity index (χ4v) is 2.62. The Balaban J connectivity index is 2.39. The molecule has 0 saturated heterocycles. The van der Waals surface area contributed by atoms with E-state index in [-0.39, 0.29) is 0 Å². The minimum Gasteiger partial charge on any atom is -0.481 e. The molecule has 2 rings (SSSR count). The SMILES string of the molecule is CC1CN(C(C)C)c2ccc(C(C)C(=O)O)cc21. The molecule has 2 unspecified atom stereocenters. The van der Waals surface area contributed by atoms with Crippen molar-refractivity contribution in [1.29, 1.82) is 0 Å². The number of hydrogen-bond acceptors (Lipinski definition) is 2. The molecule has 1 aromatic carbocycles. The summed E-state index contributed by atoms with van der Waals surface area (Å²) in [6.07, 6.45) is 0. The smallest absolute Gasteiger partial charge is 0.310 e. The number of anilines is 1. The van der Waals surface area contributed by atoms with E-state index in [0.717, 1.165) is 12.1 Å². The van der Waals surface area contributed by atoms with Gasteiger partial charge < -0.3 is 10.0 Å². The highest BCUT2D eigenvalue weighted by Gasteiger charge is 2.28. The minimum absolute atomic E-state index is 0.435. The van der Waals surface area contributed by atoms with Gasteiger partial charge >= 0.3 is 5.97 Å². The Morgan fingerprint density at radius 3 is 2.61 bits per heavy atom. The summed E-state index contributed by atoms with van der Waals surface area (Å²) in [5.74, 6) is -0.722. The number of carboxylic acid groups (broad SMARTS) is 1. The summed E-state index contributed by atoms with van der Waals surface area (Å²) in [6, 6.07) is 6.58. The molecule has 0 bridgehead atoms. The van der Waals surface area contributed by atoms with E-state index in [2.05, 4.69) is 37.8 Å². The Kier molecular flexibility index (Phi) is 3.33. The van der Waals surface area contributed by atoms with Crippen LogP contribution in [0, 0.1) is 0 Å². The summed E-state index contributed by atoms with van der Waals surface area (Å²) in [5.41, 5.74) is 3.45. The molecule has 1 aromatic rings. The zero-order valence-corrected chi connectivity index (χ0v) is 11.5. The fourth-order valence-electron chi connectivity index (χ4n) is 2.62. The molecule has 2 atom stereocenters. The van der Waals surface area contributed by atoms with Crippen molar-refractivity contribution in [2.24, 2.45) is 0 Å². The number of carboxylic acids is 1. The molecule has 1 aliphatic rings. The maximum absolute atomic E-state index is 11.0. The maximum atomic E-state index is 11.0. The number of carbonyl (C=O) groups is 1. The Labute approximate surface area is 108 Å². The molecule has 1 N–H and O–H groups in total. The van der Waals surface area contributed by atoms with E-state index >= 15 is 0 Å². The van der Waals surface area contributed by atoms with E-state index in [1.165, 1.54) is 11.3 Å². The van der Waals surface area contributed by atoms with Crippen LogP contribution in [-0.2, 0) is 4.79 Å². The summed E-state index contributed by atoms with van der Waals surface area (Å²) in [6.45, 7) is 9.35. The molecule has 3 heteroatoms. The monoisotopic (exact) mass is 247 g/mol. The number of fused-ring (bicyclic) bond motifs is 1. The van der Waals surface area contributed by atoms with Crippen LogP contribution >= 0.6 is 0 Å². The lowest BCUT2D eigenvalue weighted by atomic mass is 9.95. The van der Waals surface area contributed by atoms with Gasteiger partial charge in [-0.1, -0.05) is 19.1 Å². The second kappa shape index (κ2) is 4.63. The molecule has 0 fully saturated rings. The highest BCUT2D eigenvalue weighted by molar-refractivity contribution is 5.76. The maximum Gasteiger partial charge on any atom is 0.310 e. The predicted octanol–water partition coefficient (Wildman–Crippen LogP) is 3.21. The highest BCUT2D eigenvalue weighted by Crippen LogP contribution is 2.38. The van der Waals surface area contributed by atoms with Gasteiger partial charge in [0.15, 0.2) is 0 Å². The van der Waals surface area contributed by atoms with Crippen molar-refractivity contribution in [3.63, 3.8) is 0 Å². The second-order valence-corrected chi connectivity index (χ2v) is 5.53. The predicted molar refractivity (Wildman–Crippen MR) is 73.4 cm³/mol. The third-order valence-corrected chi connectivity index (χ3v) is 3.86. The van der Waals surface area contributed by atoms with Gasteiger partial charge in [0.1, 0.15) is 0 Å². The van der Waals surface area contributed by atoms with Crippen LogP contribution in [0.2, 0.25) is 0 Å². The molecule has 18 heavy (non-hydrogen) atoms. The van der Waals surface area contributed by atoms with Gasteiger partial charge in [-0.05, 0) is 38.0 Å². The average Bonchev–Trinajstić information content (AvgIpc) is 2.65. The number of nitrogens with zero attached hydrogens (tertiary/aromatic N) is 1. The minimum atomic E-state index is -0.763. The Hall–Kier alpha value is -1.51. The summed E-state index contributed by atoms with van der Waals surface area (Å²) in [4.78, 5) is 13.4. The van der Waals surface area contributed by atoms with E-state index < -0.39 is 11.9 Å². The Bertz CT molecular complexity index is 468. The van der Waals surface area contributed by atoms with Crippen molar-refractivity contribution in [3.8, 4) is 0 Å². The molecule has 0 radical (unpaired) electrons. The van der Waals surface area contributed by atoms with E-state index in [0.29, 0.717) is 12.0 Å². The first kappa shape index (κ1) is 12.9.